The van der Waals surface area contributed by atoms with E-state index in [1.165, 1.54) is 38.9 Å². The van der Waals surface area contributed by atoms with Crippen molar-refractivity contribution in [1.82, 2.24) is 0 Å². The van der Waals surface area contributed by atoms with Crippen molar-refractivity contribution in [3.8, 4) is 22.3 Å². The van der Waals surface area contributed by atoms with Crippen LogP contribution in [0.2, 0.25) is 0 Å². The van der Waals surface area contributed by atoms with Gasteiger partial charge in [-0.2, -0.15) is 0 Å². The minimum Gasteiger partial charge on any atom is -0.398 e. The van der Waals surface area contributed by atoms with E-state index in [-0.39, 0.29) is 5.41 Å². The molecule has 1 aliphatic rings. The van der Waals surface area contributed by atoms with Crippen LogP contribution in [-0.2, 0) is 5.41 Å². The minimum absolute atomic E-state index is 0.385. The molecule has 0 aromatic heterocycles. The van der Waals surface area contributed by atoms with Gasteiger partial charge in [0.15, 0.2) is 0 Å². The molecule has 1 heteroatoms. The lowest BCUT2D eigenvalue weighted by molar-refractivity contribution is 0.769. The van der Waals surface area contributed by atoms with Crippen molar-refractivity contribution < 1.29 is 0 Å². The molecule has 0 saturated heterocycles. The quantitative estimate of drug-likeness (QED) is 0.291. The summed E-state index contributed by atoms with van der Waals surface area (Å²) in [6.45, 7) is 2.08. The van der Waals surface area contributed by atoms with Gasteiger partial charge in [-0.1, -0.05) is 109 Å². The van der Waals surface area contributed by atoms with Crippen molar-refractivity contribution >= 4 is 5.69 Å². The number of aryl methyl sites for hydroxylation is 1. The summed E-state index contributed by atoms with van der Waals surface area (Å²) in [6, 6.07) is 43.8. The summed E-state index contributed by atoms with van der Waals surface area (Å²) in [7, 11) is 0. The van der Waals surface area contributed by atoms with Crippen LogP contribution in [0, 0.1) is 6.92 Å². The number of nitrogens with two attached hydrogens (primary N) is 1. The van der Waals surface area contributed by atoms with Gasteiger partial charge in [0.25, 0.3) is 0 Å². The number of nitrogen functional groups attached to an aromatic ring is 1. The Balaban J connectivity index is 1.72. The average molecular weight is 424 g/mol. The van der Waals surface area contributed by atoms with Gasteiger partial charge in [-0.15, -0.1) is 0 Å². The van der Waals surface area contributed by atoms with Gasteiger partial charge in [-0.3, -0.25) is 0 Å². The first kappa shape index (κ1) is 19.6. The Morgan fingerprint density at radius 3 is 1.76 bits per heavy atom. The highest BCUT2D eigenvalue weighted by molar-refractivity contribution is 5.89. The van der Waals surface area contributed by atoms with Gasteiger partial charge in [0.05, 0.1) is 5.41 Å². The van der Waals surface area contributed by atoms with E-state index in [0.717, 1.165) is 16.8 Å². The van der Waals surface area contributed by atoms with Gasteiger partial charge < -0.3 is 5.73 Å². The fraction of sp³-hybridized carbons (Fsp3) is 0.0625. The smallest absolute Gasteiger partial charge is 0.0713 e. The van der Waals surface area contributed by atoms with Crippen LogP contribution in [0.5, 0.6) is 0 Å². The Morgan fingerprint density at radius 1 is 0.515 bits per heavy atom. The molecule has 6 rings (SSSR count). The fourth-order valence-corrected chi connectivity index (χ4v) is 5.56. The molecule has 5 aromatic rings. The van der Waals surface area contributed by atoms with E-state index >= 15 is 0 Å². The summed E-state index contributed by atoms with van der Waals surface area (Å²) >= 11 is 0. The van der Waals surface area contributed by atoms with Crippen molar-refractivity contribution in [2.75, 3.05) is 5.73 Å². The van der Waals surface area contributed by atoms with Gasteiger partial charge in [-0.25, -0.2) is 0 Å². The average Bonchev–Trinajstić information content (AvgIpc) is 3.16. The lowest BCUT2D eigenvalue weighted by Gasteiger charge is -2.34. The molecule has 0 radical (unpaired) electrons. The van der Waals surface area contributed by atoms with E-state index < -0.39 is 0 Å². The van der Waals surface area contributed by atoms with Gasteiger partial charge in [0.2, 0.25) is 0 Å². The summed E-state index contributed by atoms with van der Waals surface area (Å²) in [4.78, 5) is 0. The lowest BCUT2D eigenvalue weighted by atomic mass is 9.67. The molecular weight excluding hydrogens is 398 g/mol. The molecule has 33 heavy (non-hydrogen) atoms. The van der Waals surface area contributed by atoms with Crippen LogP contribution in [0.4, 0.5) is 5.69 Å². The van der Waals surface area contributed by atoms with E-state index in [0.29, 0.717) is 0 Å². The highest BCUT2D eigenvalue weighted by Crippen LogP contribution is 2.56. The second-order valence-corrected chi connectivity index (χ2v) is 8.88. The van der Waals surface area contributed by atoms with Gasteiger partial charge in [-0.05, 0) is 63.6 Å². The van der Waals surface area contributed by atoms with Crippen LogP contribution >= 0.6 is 0 Å². The summed E-state index contributed by atoms with van der Waals surface area (Å²) < 4.78 is 0. The summed E-state index contributed by atoms with van der Waals surface area (Å²) in [5.41, 5.74) is 18.1. The number of fused-ring (bicyclic) bond motifs is 3. The van der Waals surface area contributed by atoms with Crippen LogP contribution in [0.15, 0.2) is 121 Å². The van der Waals surface area contributed by atoms with Gasteiger partial charge in [0, 0.05) is 11.3 Å². The lowest BCUT2D eigenvalue weighted by Crippen LogP contribution is -2.28. The summed E-state index contributed by atoms with van der Waals surface area (Å²) in [5, 5.41) is 0. The Labute approximate surface area is 195 Å². The molecular formula is C32H25N. The zero-order valence-electron chi connectivity index (χ0n) is 18.6. The predicted octanol–water partition coefficient (Wildman–Crippen LogP) is 7.61. The molecule has 5 aromatic carbocycles. The Hall–Kier alpha value is -4.10. The van der Waals surface area contributed by atoms with E-state index in [1.807, 2.05) is 0 Å². The largest absolute Gasteiger partial charge is 0.398 e. The van der Waals surface area contributed by atoms with Crippen molar-refractivity contribution in [3.63, 3.8) is 0 Å². The molecule has 0 fully saturated rings. The van der Waals surface area contributed by atoms with E-state index in [1.54, 1.807) is 0 Å². The first-order valence-corrected chi connectivity index (χ1v) is 11.4. The van der Waals surface area contributed by atoms with E-state index in [4.69, 9.17) is 5.73 Å². The maximum atomic E-state index is 6.47. The Bertz CT molecular complexity index is 1430. The van der Waals surface area contributed by atoms with Crippen LogP contribution in [0.25, 0.3) is 22.3 Å². The van der Waals surface area contributed by atoms with Crippen molar-refractivity contribution in [2.24, 2.45) is 0 Å². The van der Waals surface area contributed by atoms with Crippen molar-refractivity contribution in [3.05, 3.63) is 149 Å². The van der Waals surface area contributed by atoms with Gasteiger partial charge >= 0.3 is 0 Å². The standard InChI is InChI=1S/C32H25N/c1-22-16-18-26(31(33)20-22)23-17-19-28-27-14-8-9-15-29(27)32(30(28)21-23,24-10-4-2-5-11-24)25-12-6-3-7-13-25/h2-21H,33H2,1H3. The normalized spacial score (nSPS) is 13.4. The Morgan fingerprint density at radius 2 is 1.09 bits per heavy atom. The third-order valence-electron chi connectivity index (χ3n) is 6.98. The molecule has 0 aliphatic heterocycles. The SMILES string of the molecule is Cc1ccc(-c2ccc3c(c2)C(c2ccccc2)(c2ccccc2)c2ccccc2-3)c(N)c1. The molecule has 2 N–H and O–H groups in total. The molecule has 1 nitrogen and oxygen atoms in total. The molecule has 0 spiro atoms. The molecule has 0 unspecified atom stereocenters. The van der Waals surface area contributed by atoms with Crippen LogP contribution < -0.4 is 5.73 Å². The summed E-state index contributed by atoms with van der Waals surface area (Å²) in [6.07, 6.45) is 0. The Kier molecular flexibility index (Phi) is 4.45. The van der Waals surface area contributed by atoms with Crippen LogP contribution in [0.3, 0.4) is 0 Å². The van der Waals surface area contributed by atoms with E-state index in [2.05, 4.69) is 128 Å². The summed E-state index contributed by atoms with van der Waals surface area (Å²) in [5.74, 6) is 0. The zero-order chi connectivity index (χ0) is 22.4. The molecule has 0 saturated carbocycles. The second kappa shape index (κ2) is 7.50. The highest BCUT2D eigenvalue weighted by atomic mass is 14.6. The fourth-order valence-electron chi connectivity index (χ4n) is 5.56. The minimum atomic E-state index is -0.385. The number of anilines is 1. The molecule has 0 atom stereocenters. The molecule has 1 aliphatic carbocycles. The predicted molar refractivity (Wildman–Crippen MR) is 138 cm³/mol. The maximum absolute atomic E-state index is 6.47. The van der Waals surface area contributed by atoms with Crippen LogP contribution in [0.1, 0.15) is 27.8 Å². The molecule has 158 valence electrons. The van der Waals surface area contributed by atoms with Gasteiger partial charge in [0.1, 0.15) is 0 Å². The maximum Gasteiger partial charge on any atom is 0.0713 e. The first-order chi connectivity index (χ1) is 16.2. The number of rotatable bonds is 3. The first-order valence-electron chi connectivity index (χ1n) is 11.4. The number of benzene rings is 5. The number of hydrogen-bond acceptors (Lipinski definition) is 1. The number of hydrogen-bond donors (Lipinski definition) is 1. The third-order valence-corrected chi connectivity index (χ3v) is 6.98. The van der Waals surface area contributed by atoms with E-state index in [9.17, 15) is 0 Å². The third kappa shape index (κ3) is 2.86. The molecule has 0 bridgehead atoms. The highest BCUT2D eigenvalue weighted by Gasteiger charge is 2.45. The van der Waals surface area contributed by atoms with Crippen molar-refractivity contribution in [1.29, 1.82) is 0 Å². The second-order valence-electron chi connectivity index (χ2n) is 8.88. The zero-order valence-corrected chi connectivity index (χ0v) is 18.6. The van der Waals surface area contributed by atoms with Crippen molar-refractivity contribution in [2.45, 2.75) is 12.3 Å². The monoisotopic (exact) mass is 423 g/mol. The topological polar surface area (TPSA) is 26.0 Å². The van der Waals surface area contributed by atoms with Crippen LogP contribution in [-0.4, -0.2) is 0 Å². The molecule has 0 heterocycles. The molecule has 0 amide bonds.